The molecule has 0 radical (unpaired) electrons. The van der Waals surface area contributed by atoms with Gasteiger partial charge in [-0.15, -0.1) is 5.59 Å². The molecule has 0 fully saturated rings. The van der Waals surface area contributed by atoms with Crippen LogP contribution < -0.4 is 5.59 Å². The first-order valence-corrected chi connectivity index (χ1v) is 3.42. The average molecular weight is 148 g/mol. The lowest BCUT2D eigenvalue weighted by atomic mass is 10.3. The van der Waals surface area contributed by atoms with Gasteiger partial charge in [0.1, 0.15) is 0 Å². The summed E-state index contributed by atoms with van der Waals surface area (Å²) in [4.78, 5) is 4.65. The van der Waals surface area contributed by atoms with Gasteiger partial charge in [0.15, 0.2) is 0 Å². The van der Waals surface area contributed by atoms with Crippen LogP contribution in [0.4, 0.5) is 0 Å². The second kappa shape index (κ2) is 6.95. The molecule has 0 aromatic rings. The van der Waals surface area contributed by atoms with Crippen molar-refractivity contribution in [2.24, 2.45) is 0 Å². The van der Waals surface area contributed by atoms with Gasteiger partial charge < -0.3 is 5.11 Å². The highest BCUT2D eigenvalue weighted by Crippen LogP contribution is 1.87. The van der Waals surface area contributed by atoms with E-state index in [1.165, 1.54) is 0 Å². The van der Waals surface area contributed by atoms with Crippen LogP contribution in [0.1, 0.15) is 12.8 Å². The molecule has 0 saturated carbocycles. The zero-order chi connectivity index (χ0) is 7.82. The molecule has 62 valence electrons. The highest BCUT2D eigenvalue weighted by atomic mass is 16.7. The molecular formula is C6H16N2O2. The van der Waals surface area contributed by atoms with E-state index in [9.17, 15) is 0 Å². The van der Waals surface area contributed by atoms with E-state index in [1.54, 1.807) is 7.11 Å². The molecule has 4 heteroatoms. The molecule has 0 rings (SSSR count). The first-order valence-electron chi connectivity index (χ1n) is 3.42. The fourth-order valence-corrected chi connectivity index (χ4v) is 0.662. The minimum atomic E-state index is 0.265. The van der Waals surface area contributed by atoms with Crippen LogP contribution in [-0.2, 0) is 4.84 Å². The van der Waals surface area contributed by atoms with Crippen LogP contribution in [0.25, 0.3) is 0 Å². The SMILES string of the molecule is CONN(C)CCCCO. The average Bonchev–Trinajstić information content (AvgIpc) is 1.89. The van der Waals surface area contributed by atoms with Crippen LogP contribution in [0.15, 0.2) is 0 Å². The molecule has 0 aliphatic rings. The molecule has 10 heavy (non-hydrogen) atoms. The van der Waals surface area contributed by atoms with Crippen molar-refractivity contribution < 1.29 is 9.94 Å². The molecule has 0 amide bonds. The zero-order valence-corrected chi connectivity index (χ0v) is 6.63. The van der Waals surface area contributed by atoms with Crippen LogP contribution in [-0.4, -0.2) is 37.4 Å². The first-order chi connectivity index (χ1) is 4.81. The maximum absolute atomic E-state index is 8.44. The maximum atomic E-state index is 8.44. The van der Waals surface area contributed by atoms with Crippen LogP contribution in [0.5, 0.6) is 0 Å². The fraction of sp³-hybridized carbons (Fsp3) is 1.00. The summed E-state index contributed by atoms with van der Waals surface area (Å²) in [5.41, 5.74) is 2.66. The number of nitrogens with zero attached hydrogens (tertiary/aromatic N) is 1. The van der Waals surface area contributed by atoms with Gasteiger partial charge in [0.25, 0.3) is 0 Å². The lowest BCUT2D eigenvalue weighted by Gasteiger charge is -2.14. The van der Waals surface area contributed by atoms with E-state index in [2.05, 4.69) is 10.4 Å². The van der Waals surface area contributed by atoms with E-state index in [-0.39, 0.29) is 6.61 Å². The van der Waals surface area contributed by atoms with Crippen LogP contribution >= 0.6 is 0 Å². The minimum absolute atomic E-state index is 0.265. The quantitative estimate of drug-likeness (QED) is 0.403. The number of aliphatic hydroxyl groups is 1. The van der Waals surface area contributed by atoms with Crippen LogP contribution in [0.2, 0.25) is 0 Å². The number of hydrogen-bond acceptors (Lipinski definition) is 4. The van der Waals surface area contributed by atoms with Gasteiger partial charge in [-0.3, -0.25) is 4.84 Å². The van der Waals surface area contributed by atoms with E-state index in [1.807, 2.05) is 12.1 Å². The van der Waals surface area contributed by atoms with E-state index >= 15 is 0 Å². The lowest BCUT2D eigenvalue weighted by molar-refractivity contribution is -0.0421. The van der Waals surface area contributed by atoms with E-state index in [0.29, 0.717) is 0 Å². The maximum Gasteiger partial charge on any atom is 0.0588 e. The van der Waals surface area contributed by atoms with Gasteiger partial charge in [-0.1, -0.05) is 0 Å². The Labute approximate surface area is 61.7 Å². The lowest BCUT2D eigenvalue weighted by Crippen LogP contribution is -2.34. The molecule has 0 unspecified atom stereocenters. The van der Waals surface area contributed by atoms with Crippen LogP contribution in [0.3, 0.4) is 0 Å². The number of hydrazine groups is 1. The third-order valence-corrected chi connectivity index (χ3v) is 1.15. The molecule has 0 atom stereocenters. The van der Waals surface area contributed by atoms with Crippen molar-refractivity contribution in [2.75, 3.05) is 27.3 Å². The molecular weight excluding hydrogens is 132 g/mol. The standard InChI is InChI=1S/C6H16N2O2/c1-8(7-10-2)5-3-4-6-9/h7,9H,3-6H2,1-2H3. The molecule has 0 heterocycles. The Morgan fingerprint density at radius 1 is 1.50 bits per heavy atom. The summed E-state index contributed by atoms with van der Waals surface area (Å²) in [5, 5.41) is 10.3. The largest absolute Gasteiger partial charge is 0.396 e. The topological polar surface area (TPSA) is 44.7 Å². The Balaban J connectivity index is 2.97. The van der Waals surface area contributed by atoms with Crippen molar-refractivity contribution in [3.8, 4) is 0 Å². The van der Waals surface area contributed by atoms with Crippen molar-refractivity contribution in [2.45, 2.75) is 12.8 Å². The molecule has 0 aromatic carbocycles. The minimum Gasteiger partial charge on any atom is -0.396 e. The number of nitrogens with one attached hydrogen (secondary N) is 1. The van der Waals surface area contributed by atoms with Crippen molar-refractivity contribution >= 4 is 0 Å². The van der Waals surface area contributed by atoms with Gasteiger partial charge in [-0.2, -0.15) is 0 Å². The second-order valence-corrected chi connectivity index (χ2v) is 2.15. The second-order valence-electron chi connectivity index (χ2n) is 2.15. The zero-order valence-electron chi connectivity index (χ0n) is 6.63. The van der Waals surface area contributed by atoms with Gasteiger partial charge in [-0.05, 0) is 12.8 Å². The van der Waals surface area contributed by atoms with E-state index < -0.39 is 0 Å². The van der Waals surface area contributed by atoms with Crippen molar-refractivity contribution in [3.05, 3.63) is 0 Å². The highest BCUT2D eigenvalue weighted by molar-refractivity contribution is 4.41. The summed E-state index contributed by atoms with van der Waals surface area (Å²) in [6.45, 7) is 1.15. The smallest absolute Gasteiger partial charge is 0.0588 e. The normalized spacial score (nSPS) is 10.8. The summed E-state index contributed by atoms with van der Waals surface area (Å²) in [6.07, 6.45) is 1.82. The number of unbranched alkanes of at least 4 members (excludes halogenated alkanes) is 1. The number of hydrogen-bond donors (Lipinski definition) is 2. The molecule has 0 bridgehead atoms. The summed E-state index contributed by atoms with van der Waals surface area (Å²) in [7, 11) is 3.46. The van der Waals surface area contributed by atoms with E-state index in [0.717, 1.165) is 19.4 Å². The summed E-state index contributed by atoms with van der Waals surface area (Å²) in [6, 6.07) is 0. The molecule has 0 spiro atoms. The van der Waals surface area contributed by atoms with Gasteiger partial charge >= 0.3 is 0 Å². The Hall–Kier alpha value is -0.160. The number of rotatable bonds is 6. The Morgan fingerprint density at radius 2 is 2.20 bits per heavy atom. The summed E-state index contributed by atoms with van der Waals surface area (Å²) < 4.78 is 0. The van der Waals surface area contributed by atoms with Crippen molar-refractivity contribution in [1.29, 1.82) is 0 Å². The predicted molar refractivity (Wildman–Crippen MR) is 39.1 cm³/mol. The Kier molecular flexibility index (Phi) is 6.84. The molecule has 0 saturated heterocycles. The van der Waals surface area contributed by atoms with Gasteiger partial charge in [-0.25, -0.2) is 5.01 Å². The molecule has 0 aromatic heterocycles. The monoisotopic (exact) mass is 148 g/mol. The highest BCUT2D eigenvalue weighted by Gasteiger charge is 1.93. The molecule has 2 N–H and O–H groups in total. The predicted octanol–water partition coefficient (Wildman–Crippen LogP) is -0.243. The third-order valence-electron chi connectivity index (χ3n) is 1.15. The molecule has 4 nitrogen and oxygen atoms in total. The number of aliphatic hydroxyl groups excluding tert-OH is 1. The van der Waals surface area contributed by atoms with Gasteiger partial charge in [0.2, 0.25) is 0 Å². The fourth-order valence-electron chi connectivity index (χ4n) is 0.662. The molecule has 0 aliphatic heterocycles. The Morgan fingerprint density at radius 3 is 2.70 bits per heavy atom. The third kappa shape index (κ3) is 5.97. The molecule has 0 aliphatic carbocycles. The first kappa shape index (κ1) is 9.84. The Bertz CT molecular complexity index is 70.8. The van der Waals surface area contributed by atoms with Crippen molar-refractivity contribution in [1.82, 2.24) is 10.6 Å². The van der Waals surface area contributed by atoms with Crippen LogP contribution in [0, 0.1) is 0 Å². The van der Waals surface area contributed by atoms with E-state index in [4.69, 9.17) is 5.11 Å². The van der Waals surface area contributed by atoms with Gasteiger partial charge in [0, 0.05) is 20.2 Å². The van der Waals surface area contributed by atoms with Crippen molar-refractivity contribution in [3.63, 3.8) is 0 Å². The summed E-state index contributed by atoms with van der Waals surface area (Å²) >= 11 is 0. The van der Waals surface area contributed by atoms with Gasteiger partial charge in [0.05, 0.1) is 7.11 Å². The summed E-state index contributed by atoms with van der Waals surface area (Å²) in [5.74, 6) is 0.